The SMILES string of the molecule is Cc1ccc(C)n1-c1ccsc1C(=O)NCC1(O)CCOCC1. The molecular formula is C17H22N2O3S. The van der Waals surface area contributed by atoms with Crippen molar-refractivity contribution >= 4 is 17.2 Å². The molecule has 3 heterocycles. The van der Waals surface area contributed by atoms with Crippen molar-refractivity contribution < 1.29 is 14.6 Å². The van der Waals surface area contributed by atoms with Gasteiger partial charge in [-0.25, -0.2) is 0 Å². The Kier molecular flexibility index (Phi) is 4.57. The van der Waals surface area contributed by atoms with E-state index in [1.807, 2.05) is 37.4 Å². The molecule has 1 aliphatic heterocycles. The standard InChI is InChI=1S/C17H22N2O3S/c1-12-3-4-13(2)19(12)14-5-10-23-15(14)16(20)18-11-17(21)6-8-22-9-7-17/h3-5,10,21H,6-9,11H2,1-2H3,(H,18,20). The van der Waals surface area contributed by atoms with Crippen LogP contribution in [0.15, 0.2) is 23.6 Å². The molecular weight excluding hydrogens is 312 g/mol. The van der Waals surface area contributed by atoms with Gasteiger partial charge in [-0.05, 0) is 37.4 Å². The van der Waals surface area contributed by atoms with Gasteiger partial charge in [0, 0.05) is 44.0 Å². The summed E-state index contributed by atoms with van der Waals surface area (Å²) in [5.41, 5.74) is 2.23. The minimum absolute atomic E-state index is 0.137. The number of aliphatic hydroxyl groups is 1. The molecule has 2 N–H and O–H groups in total. The topological polar surface area (TPSA) is 63.5 Å². The summed E-state index contributed by atoms with van der Waals surface area (Å²) in [6.45, 7) is 5.39. The monoisotopic (exact) mass is 334 g/mol. The van der Waals surface area contributed by atoms with E-state index < -0.39 is 5.60 Å². The molecule has 23 heavy (non-hydrogen) atoms. The molecule has 2 aromatic rings. The summed E-state index contributed by atoms with van der Waals surface area (Å²) in [5.74, 6) is -0.137. The fourth-order valence-electron chi connectivity index (χ4n) is 2.95. The van der Waals surface area contributed by atoms with Crippen LogP contribution in [0.2, 0.25) is 0 Å². The molecule has 1 aliphatic rings. The fraction of sp³-hybridized carbons (Fsp3) is 0.471. The van der Waals surface area contributed by atoms with Crippen molar-refractivity contribution in [2.75, 3.05) is 19.8 Å². The molecule has 5 nitrogen and oxygen atoms in total. The fourth-order valence-corrected chi connectivity index (χ4v) is 3.74. The Hall–Kier alpha value is -1.63. The van der Waals surface area contributed by atoms with Crippen molar-refractivity contribution in [3.63, 3.8) is 0 Å². The lowest BCUT2D eigenvalue weighted by Crippen LogP contribution is -2.46. The van der Waals surface area contributed by atoms with Gasteiger partial charge in [0.15, 0.2) is 0 Å². The highest BCUT2D eigenvalue weighted by molar-refractivity contribution is 7.12. The molecule has 3 rings (SSSR count). The number of amides is 1. The van der Waals surface area contributed by atoms with Crippen LogP contribution >= 0.6 is 11.3 Å². The largest absolute Gasteiger partial charge is 0.388 e. The van der Waals surface area contributed by atoms with E-state index >= 15 is 0 Å². The highest BCUT2D eigenvalue weighted by Gasteiger charge is 2.30. The van der Waals surface area contributed by atoms with Crippen LogP contribution in [0.25, 0.3) is 5.69 Å². The number of aromatic nitrogens is 1. The summed E-state index contributed by atoms with van der Waals surface area (Å²) in [4.78, 5) is 13.2. The smallest absolute Gasteiger partial charge is 0.263 e. The Labute approximate surface area is 139 Å². The number of hydrogen-bond donors (Lipinski definition) is 2. The molecule has 0 bridgehead atoms. The first-order valence-electron chi connectivity index (χ1n) is 7.81. The van der Waals surface area contributed by atoms with Crippen molar-refractivity contribution in [2.45, 2.75) is 32.3 Å². The molecule has 0 aliphatic carbocycles. The molecule has 0 saturated carbocycles. The lowest BCUT2D eigenvalue weighted by atomic mass is 9.94. The third kappa shape index (κ3) is 3.34. The van der Waals surface area contributed by atoms with Gasteiger partial charge in [-0.1, -0.05) is 0 Å². The molecule has 0 spiro atoms. The predicted octanol–water partition coefficient (Wildman–Crippen LogP) is 2.43. The summed E-state index contributed by atoms with van der Waals surface area (Å²) in [5, 5.41) is 15.3. The van der Waals surface area contributed by atoms with Crippen molar-refractivity contribution in [1.82, 2.24) is 9.88 Å². The Morgan fingerprint density at radius 2 is 1.96 bits per heavy atom. The Morgan fingerprint density at radius 3 is 2.61 bits per heavy atom. The van der Waals surface area contributed by atoms with Crippen LogP contribution in [0.3, 0.4) is 0 Å². The first-order chi connectivity index (χ1) is 11.0. The maximum atomic E-state index is 12.6. The lowest BCUT2D eigenvalue weighted by molar-refractivity contribution is -0.0605. The summed E-state index contributed by atoms with van der Waals surface area (Å²) >= 11 is 1.42. The van der Waals surface area contributed by atoms with Crippen LogP contribution in [0.1, 0.15) is 33.9 Å². The molecule has 1 amide bonds. The second-order valence-electron chi connectivity index (χ2n) is 6.11. The average Bonchev–Trinajstić information content (AvgIpc) is 3.12. The third-order valence-electron chi connectivity index (χ3n) is 4.36. The molecule has 1 saturated heterocycles. The van der Waals surface area contributed by atoms with Gasteiger partial charge >= 0.3 is 0 Å². The van der Waals surface area contributed by atoms with Crippen LogP contribution < -0.4 is 5.32 Å². The van der Waals surface area contributed by atoms with Gasteiger partial charge < -0.3 is 19.7 Å². The summed E-state index contributed by atoms with van der Waals surface area (Å²) in [6.07, 6.45) is 1.11. The first-order valence-corrected chi connectivity index (χ1v) is 8.69. The van der Waals surface area contributed by atoms with Crippen LogP contribution in [-0.2, 0) is 4.74 Å². The van der Waals surface area contributed by atoms with Gasteiger partial charge in [-0.3, -0.25) is 4.79 Å². The number of thiophene rings is 1. The van der Waals surface area contributed by atoms with E-state index in [9.17, 15) is 9.90 Å². The molecule has 0 atom stereocenters. The Morgan fingerprint density at radius 1 is 1.30 bits per heavy atom. The van der Waals surface area contributed by atoms with Gasteiger partial charge in [0.2, 0.25) is 0 Å². The van der Waals surface area contributed by atoms with Gasteiger partial charge in [-0.15, -0.1) is 11.3 Å². The number of nitrogens with one attached hydrogen (secondary N) is 1. The minimum Gasteiger partial charge on any atom is -0.388 e. The number of carbonyl (C=O) groups is 1. The highest BCUT2D eigenvalue weighted by Crippen LogP contribution is 2.25. The van der Waals surface area contributed by atoms with E-state index in [4.69, 9.17) is 4.74 Å². The number of aryl methyl sites for hydroxylation is 2. The molecule has 0 unspecified atom stereocenters. The molecule has 0 radical (unpaired) electrons. The van der Waals surface area contributed by atoms with Crippen LogP contribution in [0.5, 0.6) is 0 Å². The molecule has 1 fully saturated rings. The Bertz CT molecular complexity index is 679. The van der Waals surface area contributed by atoms with Crippen molar-refractivity contribution in [2.24, 2.45) is 0 Å². The first kappa shape index (κ1) is 16.2. The van der Waals surface area contributed by atoms with Gasteiger partial charge in [0.1, 0.15) is 4.88 Å². The zero-order chi connectivity index (χ0) is 16.4. The predicted molar refractivity (Wildman–Crippen MR) is 90.5 cm³/mol. The summed E-state index contributed by atoms with van der Waals surface area (Å²) in [7, 11) is 0. The van der Waals surface area contributed by atoms with Crippen LogP contribution in [0.4, 0.5) is 0 Å². The van der Waals surface area contributed by atoms with E-state index in [1.165, 1.54) is 11.3 Å². The lowest BCUT2D eigenvalue weighted by Gasteiger charge is -2.32. The van der Waals surface area contributed by atoms with Crippen LogP contribution in [-0.4, -0.2) is 40.9 Å². The van der Waals surface area contributed by atoms with Crippen LogP contribution in [0, 0.1) is 13.8 Å². The van der Waals surface area contributed by atoms with Gasteiger partial charge in [0.05, 0.1) is 11.3 Å². The Balaban J connectivity index is 1.75. The van der Waals surface area contributed by atoms with E-state index in [1.54, 1.807) is 0 Å². The van der Waals surface area contributed by atoms with Gasteiger partial charge in [-0.2, -0.15) is 0 Å². The van der Waals surface area contributed by atoms with E-state index in [0.717, 1.165) is 17.1 Å². The van der Waals surface area contributed by atoms with Crippen molar-refractivity contribution in [3.05, 3.63) is 39.8 Å². The second-order valence-corrected chi connectivity index (χ2v) is 7.02. The molecule has 6 heteroatoms. The zero-order valence-corrected chi connectivity index (χ0v) is 14.3. The molecule has 124 valence electrons. The number of ether oxygens (including phenoxy) is 1. The maximum Gasteiger partial charge on any atom is 0.263 e. The highest BCUT2D eigenvalue weighted by atomic mass is 32.1. The number of nitrogens with zero attached hydrogens (tertiary/aromatic N) is 1. The van der Waals surface area contributed by atoms with E-state index in [-0.39, 0.29) is 12.5 Å². The minimum atomic E-state index is -0.857. The normalized spacial score (nSPS) is 17.2. The maximum absolute atomic E-state index is 12.6. The summed E-state index contributed by atoms with van der Waals surface area (Å²) < 4.78 is 7.34. The summed E-state index contributed by atoms with van der Waals surface area (Å²) in [6, 6.07) is 6.04. The second kappa shape index (κ2) is 6.47. The van der Waals surface area contributed by atoms with Crippen molar-refractivity contribution in [1.29, 1.82) is 0 Å². The van der Waals surface area contributed by atoms with E-state index in [2.05, 4.69) is 9.88 Å². The number of hydrogen-bond acceptors (Lipinski definition) is 4. The van der Waals surface area contributed by atoms with E-state index in [0.29, 0.717) is 30.9 Å². The zero-order valence-electron chi connectivity index (χ0n) is 13.5. The molecule has 0 aromatic carbocycles. The molecule has 2 aromatic heterocycles. The van der Waals surface area contributed by atoms with Gasteiger partial charge in [0.25, 0.3) is 5.91 Å². The van der Waals surface area contributed by atoms with Crippen molar-refractivity contribution in [3.8, 4) is 5.69 Å². The number of carbonyl (C=O) groups excluding carboxylic acids is 1. The number of rotatable bonds is 4. The third-order valence-corrected chi connectivity index (χ3v) is 5.27. The average molecular weight is 334 g/mol. The quantitative estimate of drug-likeness (QED) is 0.903.